The number of hydrogen-bond donors (Lipinski definition) is 0. The van der Waals surface area contributed by atoms with Crippen LogP contribution in [0.1, 0.15) is 84.5 Å². The van der Waals surface area contributed by atoms with Crippen LogP contribution in [0.25, 0.3) is 0 Å². The number of carbonyl (C=O) groups is 1. The number of hydrogen-bond acceptors (Lipinski definition) is 1. The van der Waals surface area contributed by atoms with Gasteiger partial charge in [-0.2, -0.15) is 0 Å². The van der Waals surface area contributed by atoms with Gasteiger partial charge in [-0.3, -0.25) is 4.79 Å². The highest BCUT2D eigenvalue weighted by Crippen LogP contribution is 2.43. The van der Waals surface area contributed by atoms with Crippen LogP contribution in [0.3, 0.4) is 0 Å². The van der Waals surface area contributed by atoms with E-state index < -0.39 is 0 Å². The van der Waals surface area contributed by atoms with Gasteiger partial charge < -0.3 is 0 Å². The summed E-state index contributed by atoms with van der Waals surface area (Å²) in [5.41, 5.74) is 0.115. The second-order valence-electron chi connectivity index (χ2n) is 5.47. The average Bonchev–Trinajstić information content (AvgIpc) is 2.62. The average molecular weight is 224 g/mol. The maximum absolute atomic E-state index is 12.1. The molecule has 0 saturated heterocycles. The van der Waals surface area contributed by atoms with E-state index in [1.54, 1.807) is 0 Å². The molecule has 1 aliphatic rings. The van der Waals surface area contributed by atoms with Crippen LogP contribution in [0.4, 0.5) is 0 Å². The molecule has 0 aromatic carbocycles. The fourth-order valence-electron chi connectivity index (χ4n) is 3.07. The zero-order valence-electron chi connectivity index (χ0n) is 11.2. The van der Waals surface area contributed by atoms with Crippen molar-refractivity contribution < 1.29 is 4.79 Å². The molecule has 0 bridgehead atoms. The zero-order chi connectivity index (χ0) is 11.9. The first-order valence-corrected chi connectivity index (χ1v) is 7.28. The molecule has 0 atom stereocenters. The molecule has 1 saturated carbocycles. The van der Waals surface area contributed by atoms with Crippen LogP contribution in [0.5, 0.6) is 0 Å². The van der Waals surface area contributed by atoms with E-state index in [4.69, 9.17) is 0 Å². The maximum Gasteiger partial charge on any atom is 0.139 e. The van der Waals surface area contributed by atoms with Gasteiger partial charge in [0.15, 0.2) is 0 Å². The number of carbonyl (C=O) groups excluding carboxylic acids is 1. The van der Waals surface area contributed by atoms with Gasteiger partial charge in [0.1, 0.15) is 5.78 Å². The van der Waals surface area contributed by atoms with Crippen LogP contribution < -0.4 is 0 Å². The monoisotopic (exact) mass is 224 g/mol. The Kier molecular flexibility index (Phi) is 6.08. The van der Waals surface area contributed by atoms with Gasteiger partial charge in [0.25, 0.3) is 0 Å². The first-order chi connectivity index (χ1) is 7.75. The fraction of sp³-hybridized carbons (Fsp3) is 0.933. The SMILES string of the molecule is CCCCCC1(CCCCC)CCCC1=O. The van der Waals surface area contributed by atoms with Gasteiger partial charge in [0.05, 0.1) is 0 Å². The van der Waals surface area contributed by atoms with E-state index >= 15 is 0 Å². The molecule has 1 aliphatic carbocycles. The van der Waals surface area contributed by atoms with Gasteiger partial charge in [0.2, 0.25) is 0 Å². The molecular formula is C15H28O. The molecule has 0 heterocycles. The minimum atomic E-state index is 0.115. The van der Waals surface area contributed by atoms with Crippen molar-refractivity contribution in [1.82, 2.24) is 0 Å². The van der Waals surface area contributed by atoms with Crippen molar-refractivity contribution in [1.29, 1.82) is 0 Å². The first kappa shape index (κ1) is 13.7. The Hall–Kier alpha value is -0.330. The standard InChI is InChI=1S/C15H28O/c1-3-5-7-11-15(12-8-6-4-2)13-9-10-14(15)16/h3-13H2,1-2H3. The molecule has 1 fully saturated rings. The van der Waals surface area contributed by atoms with Crippen molar-refractivity contribution in [3.05, 3.63) is 0 Å². The molecule has 0 N–H and O–H groups in total. The molecular weight excluding hydrogens is 196 g/mol. The third-order valence-corrected chi connectivity index (χ3v) is 4.17. The lowest BCUT2D eigenvalue weighted by atomic mass is 9.76. The summed E-state index contributed by atoms with van der Waals surface area (Å²) in [6, 6.07) is 0. The largest absolute Gasteiger partial charge is 0.299 e. The Morgan fingerprint density at radius 2 is 1.56 bits per heavy atom. The highest BCUT2D eigenvalue weighted by atomic mass is 16.1. The fourth-order valence-corrected chi connectivity index (χ4v) is 3.07. The number of rotatable bonds is 8. The molecule has 1 nitrogen and oxygen atoms in total. The summed E-state index contributed by atoms with van der Waals surface area (Å²) in [5.74, 6) is 0.583. The van der Waals surface area contributed by atoms with Crippen LogP contribution in [0, 0.1) is 5.41 Å². The van der Waals surface area contributed by atoms with Gasteiger partial charge >= 0.3 is 0 Å². The van der Waals surface area contributed by atoms with Gasteiger partial charge in [-0.05, 0) is 25.7 Å². The molecule has 0 spiro atoms. The molecule has 1 heteroatoms. The molecule has 0 radical (unpaired) electrons. The summed E-state index contributed by atoms with van der Waals surface area (Å²) in [7, 11) is 0. The minimum Gasteiger partial charge on any atom is -0.299 e. The number of ketones is 1. The quantitative estimate of drug-likeness (QED) is 0.537. The van der Waals surface area contributed by atoms with E-state index in [0.717, 1.165) is 12.8 Å². The Morgan fingerprint density at radius 1 is 1.00 bits per heavy atom. The maximum atomic E-state index is 12.1. The van der Waals surface area contributed by atoms with Crippen molar-refractivity contribution in [2.75, 3.05) is 0 Å². The van der Waals surface area contributed by atoms with Crippen molar-refractivity contribution in [2.24, 2.45) is 5.41 Å². The molecule has 0 unspecified atom stereocenters. The smallest absolute Gasteiger partial charge is 0.139 e. The summed E-state index contributed by atoms with van der Waals surface area (Å²) in [6.45, 7) is 4.47. The van der Waals surface area contributed by atoms with Gasteiger partial charge in [-0.1, -0.05) is 52.4 Å². The molecule has 0 amide bonds. The van der Waals surface area contributed by atoms with E-state index in [-0.39, 0.29) is 5.41 Å². The van der Waals surface area contributed by atoms with E-state index in [1.807, 2.05) is 0 Å². The zero-order valence-corrected chi connectivity index (χ0v) is 11.2. The Labute approximate surface area is 101 Å². The Balaban J connectivity index is 2.44. The molecule has 94 valence electrons. The van der Waals surface area contributed by atoms with Gasteiger partial charge in [-0.15, -0.1) is 0 Å². The van der Waals surface area contributed by atoms with Crippen LogP contribution in [-0.4, -0.2) is 5.78 Å². The van der Waals surface area contributed by atoms with Crippen LogP contribution in [0.2, 0.25) is 0 Å². The first-order valence-electron chi connectivity index (χ1n) is 7.28. The summed E-state index contributed by atoms with van der Waals surface area (Å²) in [4.78, 5) is 12.1. The lowest BCUT2D eigenvalue weighted by molar-refractivity contribution is -0.126. The lowest BCUT2D eigenvalue weighted by Crippen LogP contribution is -2.25. The third kappa shape index (κ3) is 3.61. The van der Waals surface area contributed by atoms with Crippen molar-refractivity contribution in [2.45, 2.75) is 84.5 Å². The number of unbranched alkanes of at least 4 members (excludes halogenated alkanes) is 4. The predicted molar refractivity (Wildman–Crippen MR) is 69.6 cm³/mol. The topological polar surface area (TPSA) is 17.1 Å². The van der Waals surface area contributed by atoms with Crippen LogP contribution >= 0.6 is 0 Å². The summed E-state index contributed by atoms with van der Waals surface area (Å²) < 4.78 is 0. The molecule has 0 aromatic heterocycles. The van der Waals surface area contributed by atoms with Crippen molar-refractivity contribution >= 4 is 5.78 Å². The second kappa shape index (κ2) is 7.09. The summed E-state index contributed by atoms with van der Waals surface area (Å²) in [6.07, 6.45) is 13.2. The molecule has 16 heavy (non-hydrogen) atoms. The summed E-state index contributed by atoms with van der Waals surface area (Å²) in [5, 5.41) is 0. The Morgan fingerprint density at radius 3 is 1.94 bits per heavy atom. The molecule has 1 rings (SSSR count). The highest BCUT2D eigenvalue weighted by molar-refractivity contribution is 5.86. The predicted octanol–water partition coefficient (Wildman–Crippen LogP) is 4.89. The van der Waals surface area contributed by atoms with Crippen molar-refractivity contribution in [3.8, 4) is 0 Å². The van der Waals surface area contributed by atoms with Crippen LogP contribution in [-0.2, 0) is 4.79 Å². The Bertz CT molecular complexity index is 197. The van der Waals surface area contributed by atoms with E-state index in [2.05, 4.69) is 13.8 Å². The molecule has 0 aliphatic heterocycles. The van der Waals surface area contributed by atoms with Crippen LogP contribution in [0.15, 0.2) is 0 Å². The van der Waals surface area contributed by atoms with Gasteiger partial charge in [0, 0.05) is 11.8 Å². The van der Waals surface area contributed by atoms with E-state index in [1.165, 1.54) is 57.8 Å². The minimum absolute atomic E-state index is 0.115. The summed E-state index contributed by atoms with van der Waals surface area (Å²) >= 11 is 0. The van der Waals surface area contributed by atoms with E-state index in [0.29, 0.717) is 5.78 Å². The third-order valence-electron chi connectivity index (χ3n) is 4.17. The van der Waals surface area contributed by atoms with Crippen molar-refractivity contribution in [3.63, 3.8) is 0 Å². The van der Waals surface area contributed by atoms with Gasteiger partial charge in [-0.25, -0.2) is 0 Å². The lowest BCUT2D eigenvalue weighted by Gasteiger charge is -2.27. The molecule has 0 aromatic rings. The number of Topliss-reactive ketones (excluding diaryl/α,β-unsaturated/α-hetero) is 1. The normalized spacial score (nSPS) is 19.2. The second-order valence-corrected chi connectivity index (χ2v) is 5.47. The van der Waals surface area contributed by atoms with E-state index in [9.17, 15) is 4.79 Å². The highest BCUT2D eigenvalue weighted by Gasteiger charge is 2.40.